The van der Waals surface area contributed by atoms with Crippen LogP contribution in [-0.4, -0.2) is 218 Å². The number of amides is 4. The molecule has 10 N–H and O–H groups in total. The largest absolute Gasteiger partial charge is 0.534 e. The Hall–Kier alpha value is -7.37. The first-order valence-corrected chi connectivity index (χ1v) is 35.7. The molecule has 3 aromatic rings. The minimum atomic E-state index is -1.23. The maximum atomic E-state index is 12.1. The van der Waals surface area contributed by atoms with Gasteiger partial charge in [0, 0.05) is 138 Å². The lowest BCUT2D eigenvalue weighted by Gasteiger charge is -2.43. The van der Waals surface area contributed by atoms with E-state index in [4.69, 9.17) is 67.8 Å². The summed E-state index contributed by atoms with van der Waals surface area (Å²) < 4.78 is 61.6. The first-order chi connectivity index (χ1) is 48.8. The van der Waals surface area contributed by atoms with Crippen LogP contribution in [0, 0.1) is 41.4 Å². The van der Waals surface area contributed by atoms with E-state index in [1.807, 2.05) is 55.4 Å². The summed E-state index contributed by atoms with van der Waals surface area (Å²) in [6.07, 6.45) is 8.81. The van der Waals surface area contributed by atoms with Crippen molar-refractivity contribution in [2.24, 2.45) is 47.2 Å². The molecular formula is C70H116N10O23. The molecule has 584 valence electrons. The Labute approximate surface area is 603 Å². The molecule has 15 unspecified atom stereocenters. The number of aliphatic hydroxyl groups excluding tert-OH is 2. The molecular weight excluding hydrogens is 1350 g/mol. The molecule has 0 aromatic carbocycles. The number of nitrogens with two attached hydrogens (primary N) is 1. The number of carbonyl (C=O) groups excluding carboxylic acids is 7. The molecule has 0 bridgehead atoms. The lowest BCUT2D eigenvalue weighted by atomic mass is 9.79. The Bertz CT molecular complexity index is 2920. The van der Waals surface area contributed by atoms with Crippen molar-refractivity contribution in [2.45, 2.75) is 240 Å². The van der Waals surface area contributed by atoms with Crippen LogP contribution in [0.5, 0.6) is 0 Å². The number of alkyl carbamates (subject to hydrolysis) is 2. The second-order valence-corrected chi connectivity index (χ2v) is 28.2. The third kappa shape index (κ3) is 34.0. The van der Waals surface area contributed by atoms with Crippen LogP contribution in [0.25, 0.3) is 0 Å². The predicted molar refractivity (Wildman–Crippen MR) is 369 cm³/mol. The van der Waals surface area contributed by atoms with E-state index in [0.717, 1.165) is 29.9 Å². The number of aromatic nitrogens is 6. The molecule has 103 heavy (non-hydrogen) atoms. The topological polar surface area (TPSA) is 447 Å². The molecule has 4 aliphatic rings. The number of aromatic amines is 3. The summed E-state index contributed by atoms with van der Waals surface area (Å²) in [5.41, 5.74) is 7.25. The van der Waals surface area contributed by atoms with Gasteiger partial charge in [-0.25, -0.2) is 29.3 Å². The van der Waals surface area contributed by atoms with Gasteiger partial charge in [0.15, 0.2) is 18.9 Å². The molecule has 0 spiro atoms. The highest BCUT2D eigenvalue weighted by Crippen LogP contribution is 2.37. The van der Waals surface area contributed by atoms with Gasteiger partial charge in [-0.1, -0.05) is 53.5 Å². The van der Waals surface area contributed by atoms with Crippen LogP contribution in [-0.2, 0) is 100 Å². The summed E-state index contributed by atoms with van der Waals surface area (Å²) >= 11 is 0. The number of nitrogens with zero attached hydrogens (tertiary/aromatic N) is 4. The summed E-state index contributed by atoms with van der Waals surface area (Å²) in [5, 5.41) is 34.8. The highest BCUT2D eigenvalue weighted by atomic mass is 16.8. The van der Waals surface area contributed by atoms with Crippen LogP contribution in [0.3, 0.4) is 0 Å². The summed E-state index contributed by atoms with van der Waals surface area (Å²) in [5.74, 6) is -1.70. The Morgan fingerprint density at radius 1 is 0.524 bits per heavy atom. The zero-order valence-corrected chi connectivity index (χ0v) is 62.3. The number of carbonyl (C=O) groups is 8. The number of aliphatic carboxylic acids is 1. The van der Waals surface area contributed by atoms with E-state index >= 15 is 0 Å². The van der Waals surface area contributed by atoms with Crippen molar-refractivity contribution in [1.82, 2.24) is 45.6 Å². The minimum absolute atomic E-state index is 0.0150. The highest BCUT2D eigenvalue weighted by molar-refractivity contribution is 6.01. The normalized spacial score (nSPS) is 25.4. The van der Waals surface area contributed by atoms with Crippen molar-refractivity contribution in [1.29, 1.82) is 0 Å². The molecule has 4 amide bonds. The van der Waals surface area contributed by atoms with E-state index in [0.29, 0.717) is 102 Å². The fraction of sp³-hybridized carbons (Fsp3) is 0.757. The van der Waals surface area contributed by atoms with Gasteiger partial charge in [-0.15, -0.1) is 0 Å². The van der Waals surface area contributed by atoms with Gasteiger partial charge in [0.05, 0.1) is 37.3 Å². The number of hydrogen-bond acceptors (Lipinski definition) is 26. The van der Waals surface area contributed by atoms with Gasteiger partial charge in [0.1, 0.15) is 43.2 Å². The molecule has 0 saturated carbocycles. The minimum Gasteiger partial charge on any atom is -0.481 e. The summed E-state index contributed by atoms with van der Waals surface area (Å²) in [6, 6.07) is 0. The molecule has 4 fully saturated rings. The van der Waals surface area contributed by atoms with Crippen LogP contribution in [0.1, 0.15) is 178 Å². The number of nitrogens with one attached hydrogen (secondary N) is 5. The Kier molecular flexibility index (Phi) is 39.1. The molecule has 7 rings (SSSR count). The van der Waals surface area contributed by atoms with Crippen molar-refractivity contribution in [3.05, 3.63) is 54.7 Å². The number of imidazole rings is 3. The fourth-order valence-electron chi connectivity index (χ4n) is 11.0. The molecule has 3 aromatic heterocycles. The second kappa shape index (κ2) is 45.8. The number of unbranched alkanes of at least 4 members (excludes halogenated alkanes) is 3. The monoisotopic (exact) mass is 1460 g/mol. The van der Waals surface area contributed by atoms with E-state index in [9.17, 15) is 48.6 Å². The molecule has 33 heteroatoms. The summed E-state index contributed by atoms with van der Waals surface area (Å²) in [7, 11) is 0. The molecule has 0 radical (unpaired) electrons. The number of carboxylic acid groups (broad SMARTS) is 1. The molecule has 4 saturated heterocycles. The standard InChI is InChI=1S/C24H41N3O6.C23H37NO9.C18H29N3O8.C5H9N3/c1-16-17(2)20(14-31-23(29)26-11-10-19-13-25-15-27-19)32-22(18(16)3)30-12-8-7-9-21(28)33-24(4,5)6;1-14-15(2)17(13-30-22(28)33-24-18(25)10-11-19(24)26)31-21(16(14)3)29-12-8-7-9-20(27)32-23(4,5)6;1-11-15(24)16(25)13(29-17(11)27-7-3-2-4-14(22)23)9-28-18(26)20-6-5-12-8-19-10-21-12;6-2-1-5-3-7-4-8-5/h13,15-18,20,22H,7-12,14H2,1-6H3,(H,25,27)(H,26,29);14-17,21H,7-13H2,1-6H3;8,10-11,13,15-17,24-25H,2-7,9H2,1H3,(H,19,21)(H,20,26)(H,22,23);3-4H,1-2,6H2,(H,7,8). The van der Waals surface area contributed by atoms with Gasteiger partial charge in [-0.05, 0) is 110 Å². The zero-order valence-electron chi connectivity index (χ0n) is 62.3. The van der Waals surface area contributed by atoms with E-state index < -0.39 is 90.2 Å². The maximum absolute atomic E-state index is 12.1. The summed E-state index contributed by atoms with van der Waals surface area (Å²) in [4.78, 5) is 118. The molecule has 7 heterocycles. The van der Waals surface area contributed by atoms with Gasteiger partial charge in [-0.3, -0.25) is 28.8 Å². The lowest BCUT2D eigenvalue weighted by Crippen LogP contribution is -2.56. The van der Waals surface area contributed by atoms with Crippen LogP contribution < -0.4 is 16.4 Å². The number of carboxylic acids is 1. The van der Waals surface area contributed by atoms with Crippen LogP contribution in [0.2, 0.25) is 0 Å². The Morgan fingerprint density at radius 2 is 0.903 bits per heavy atom. The predicted octanol–water partition coefficient (Wildman–Crippen LogP) is 7.15. The molecule has 0 aliphatic carbocycles. The van der Waals surface area contributed by atoms with E-state index in [1.165, 1.54) is 0 Å². The highest BCUT2D eigenvalue weighted by Gasteiger charge is 2.45. The number of ether oxygens (including phenoxy) is 11. The quantitative estimate of drug-likeness (QED) is 0.0126. The van der Waals surface area contributed by atoms with Crippen molar-refractivity contribution >= 4 is 48.1 Å². The smallest absolute Gasteiger partial charge is 0.481 e. The number of H-pyrrole nitrogens is 3. The first-order valence-electron chi connectivity index (χ1n) is 35.7. The van der Waals surface area contributed by atoms with Gasteiger partial charge >= 0.3 is 36.2 Å². The van der Waals surface area contributed by atoms with Crippen LogP contribution in [0.4, 0.5) is 14.4 Å². The van der Waals surface area contributed by atoms with Crippen molar-refractivity contribution in [2.75, 3.05) is 59.3 Å². The van der Waals surface area contributed by atoms with Crippen molar-refractivity contribution < 1.29 is 111 Å². The first kappa shape index (κ1) is 88.0. The number of rotatable bonds is 33. The SMILES string of the molecule is CC1C(COC(=O)NCCc2cnc[nH]2)OC(OCCCCC(=O)OC(C)(C)C)C(C)C1C.CC1C(COC(=O)ON2C(=O)CCC2=O)OC(OCCCCC(=O)OC(C)(C)C)C(C)C1C.CC1C(OCCCCC(=O)O)OC(COC(=O)NCCc2cnc[nH]2)C(O)C1O.NCCc1cnc[nH]1. The zero-order chi connectivity index (χ0) is 76.2. The third-order valence-electron chi connectivity index (χ3n) is 17.7. The van der Waals surface area contributed by atoms with Crippen molar-refractivity contribution in [3.8, 4) is 0 Å². The molecule has 15 atom stereocenters. The van der Waals surface area contributed by atoms with Gasteiger partial charge in [-0.2, -0.15) is 0 Å². The number of imide groups is 1. The van der Waals surface area contributed by atoms with E-state index in [2.05, 4.69) is 68.2 Å². The lowest BCUT2D eigenvalue weighted by molar-refractivity contribution is -0.282. The number of hydrogen-bond donors (Lipinski definition) is 9. The average molecular weight is 1470 g/mol. The second-order valence-electron chi connectivity index (χ2n) is 28.2. The molecule has 33 nitrogen and oxygen atoms in total. The van der Waals surface area contributed by atoms with Crippen LogP contribution in [0.15, 0.2) is 37.6 Å². The fourth-order valence-corrected chi connectivity index (χ4v) is 11.0. The van der Waals surface area contributed by atoms with Crippen molar-refractivity contribution in [3.63, 3.8) is 0 Å². The maximum Gasteiger partial charge on any atom is 0.534 e. The van der Waals surface area contributed by atoms with Gasteiger partial charge < -0.3 is 98.7 Å². The average Bonchev–Trinajstić information content (AvgIpc) is 1.48. The number of esters is 2. The van der Waals surface area contributed by atoms with Gasteiger partial charge in [0.2, 0.25) is 0 Å². The third-order valence-corrected chi connectivity index (χ3v) is 17.7. The van der Waals surface area contributed by atoms with Gasteiger partial charge in [0.25, 0.3) is 11.8 Å². The van der Waals surface area contributed by atoms with E-state index in [1.54, 1.807) is 44.5 Å². The molecule has 4 aliphatic heterocycles. The number of aliphatic hydroxyl groups is 2. The Balaban J connectivity index is 0.000000310. The van der Waals surface area contributed by atoms with E-state index in [-0.39, 0.29) is 99.6 Å². The van der Waals surface area contributed by atoms with Crippen LogP contribution >= 0.6 is 0 Å². The Morgan fingerprint density at radius 3 is 1.29 bits per heavy atom. The number of hydroxylamine groups is 2. The summed E-state index contributed by atoms with van der Waals surface area (Å²) in [6.45, 7) is 27.8.